The van der Waals surface area contributed by atoms with E-state index in [2.05, 4.69) is 20.9 Å². The number of ether oxygens (including phenoxy) is 1. The molecule has 1 aromatic heterocycles. The third-order valence-electron chi connectivity index (χ3n) is 5.04. The molecule has 1 heterocycles. The Balaban J connectivity index is 1.71. The fraction of sp³-hybridized carbons (Fsp3) is 0.261. The van der Waals surface area contributed by atoms with Crippen LogP contribution in [0.4, 0.5) is 11.4 Å². The lowest BCUT2D eigenvalue weighted by molar-refractivity contribution is -0.117. The molecule has 0 aliphatic rings. The predicted octanol–water partition coefficient (Wildman–Crippen LogP) is 3.27. The van der Waals surface area contributed by atoms with E-state index < -0.39 is 17.8 Å². The summed E-state index contributed by atoms with van der Waals surface area (Å²) in [7, 11) is 0. The van der Waals surface area contributed by atoms with Crippen LogP contribution in [0.15, 0.2) is 42.5 Å². The third-order valence-corrected chi connectivity index (χ3v) is 5.04. The van der Waals surface area contributed by atoms with Gasteiger partial charge in [-0.1, -0.05) is 29.5 Å². The number of anilines is 2. The molecule has 3 aromatic rings. The molecule has 0 radical (unpaired) electrons. The molecule has 2 aromatic carbocycles. The summed E-state index contributed by atoms with van der Waals surface area (Å²) >= 11 is 0. The second-order valence-electron chi connectivity index (χ2n) is 7.20. The molecule has 0 unspecified atom stereocenters. The molecule has 0 aliphatic carbocycles. The number of nitrogens with zero attached hydrogens (tertiary/aromatic N) is 3. The van der Waals surface area contributed by atoms with Crippen molar-refractivity contribution in [1.29, 1.82) is 0 Å². The quantitative estimate of drug-likeness (QED) is 0.551. The van der Waals surface area contributed by atoms with Crippen molar-refractivity contribution in [3.63, 3.8) is 0 Å². The summed E-state index contributed by atoms with van der Waals surface area (Å²) < 4.78 is 6.35. The van der Waals surface area contributed by atoms with Crippen molar-refractivity contribution < 1.29 is 19.1 Å². The number of carbonyl (C=O) groups excluding carboxylic acids is 3. The van der Waals surface area contributed by atoms with Crippen molar-refractivity contribution in [2.24, 2.45) is 0 Å². The largest absolute Gasteiger partial charge is 0.462 e. The first-order valence-electron chi connectivity index (χ1n) is 10.2. The van der Waals surface area contributed by atoms with E-state index in [9.17, 15) is 14.4 Å². The lowest BCUT2D eigenvalue weighted by Crippen LogP contribution is -2.22. The van der Waals surface area contributed by atoms with Gasteiger partial charge in [0, 0.05) is 5.69 Å². The second-order valence-corrected chi connectivity index (χ2v) is 7.20. The van der Waals surface area contributed by atoms with Crippen LogP contribution in [0.2, 0.25) is 0 Å². The minimum atomic E-state index is -0.522. The van der Waals surface area contributed by atoms with E-state index in [1.165, 1.54) is 4.68 Å². The van der Waals surface area contributed by atoms with Gasteiger partial charge in [0.15, 0.2) is 5.69 Å². The molecule has 2 amide bonds. The highest BCUT2D eigenvalue weighted by Gasteiger charge is 2.20. The monoisotopic (exact) mass is 435 g/mol. The van der Waals surface area contributed by atoms with Crippen LogP contribution in [-0.4, -0.2) is 39.4 Å². The molecule has 2 N–H and O–H groups in total. The number of carbonyl (C=O) groups is 3. The molecule has 9 heteroatoms. The maximum atomic E-state index is 12.7. The van der Waals surface area contributed by atoms with Gasteiger partial charge in [0.05, 0.1) is 23.6 Å². The van der Waals surface area contributed by atoms with E-state index >= 15 is 0 Å². The summed E-state index contributed by atoms with van der Waals surface area (Å²) in [5.74, 6) is -1.35. The standard InChI is InChI=1S/C23H25N5O4/c1-5-32-23(31)17-10-6-7-11-19(17)24-20(29)13-28-16(4)21(26-27-28)22(30)25-18-12-8-9-14(2)15(18)3/h6-12H,5,13H2,1-4H3,(H,24,29)(H,25,30). The SMILES string of the molecule is CCOC(=O)c1ccccc1NC(=O)Cn1nnc(C(=O)Nc2cccc(C)c2C)c1C. The van der Waals surface area contributed by atoms with Gasteiger partial charge in [0.1, 0.15) is 6.54 Å². The maximum absolute atomic E-state index is 12.7. The molecule has 3 rings (SSSR count). The zero-order valence-electron chi connectivity index (χ0n) is 18.4. The Morgan fingerprint density at radius 1 is 0.969 bits per heavy atom. The van der Waals surface area contributed by atoms with E-state index in [0.717, 1.165) is 11.1 Å². The fourth-order valence-corrected chi connectivity index (χ4v) is 3.09. The number of aryl methyl sites for hydroxylation is 1. The lowest BCUT2D eigenvalue weighted by atomic mass is 10.1. The average Bonchev–Trinajstić information content (AvgIpc) is 3.12. The van der Waals surface area contributed by atoms with Crippen LogP contribution in [0.1, 0.15) is 44.6 Å². The summed E-state index contributed by atoms with van der Waals surface area (Å²) in [6.45, 7) is 7.32. The Hall–Kier alpha value is -4.01. The first-order chi connectivity index (χ1) is 15.3. The summed E-state index contributed by atoms with van der Waals surface area (Å²) in [5, 5.41) is 13.4. The second kappa shape index (κ2) is 9.86. The first kappa shape index (κ1) is 22.7. The molecular weight excluding hydrogens is 410 g/mol. The van der Waals surface area contributed by atoms with Gasteiger partial charge in [-0.3, -0.25) is 9.59 Å². The summed E-state index contributed by atoms with van der Waals surface area (Å²) in [6, 6.07) is 12.2. The highest BCUT2D eigenvalue weighted by atomic mass is 16.5. The molecule has 166 valence electrons. The van der Waals surface area contributed by atoms with Crippen molar-refractivity contribution in [2.75, 3.05) is 17.2 Å². The van der Waals surface area contributed by atoms with Crippen LogP contribution >= 0.6 is 0 Å². The van der Waals surface area contributed by atoms with Crippen LogP contribution in [0.5, 0.6) is 0 Å². The van der Waals surface area contributed by atoms with E-state index in [0.29, 0.717) is 17.1 Å². The molecular formula is C23H25N5O4. The van der Waals surface area contributed by atoms with Gasteiger partial charge in [-0.2, -0.15) is 0 Å². The molecule has 0 saturated carbocycles. The molecule has 32 heavy (non-hydrogen) atoms. The molecule has 9 nitrogen and oxygen atoms in total. The number of rotatable bonds is 7. The lowest BCUT2D eigenvalue weighted by Gasteiger charge is -2.11. The van der Waals surface area contributed by atoms with Crippen LogP contribution in [0.3, 0.4) is 0 Å². The van der Waals surface area contributed by atoms with E-state index in [-0.39, 0.29) is 24.4 Å². The van der Waals surface area contributed by atoms with Gasteiger partial charge in [-0.25, -0.2) is 9.48 Å². The van der Waals surface area contributed by atoms with E-state index in [1.807, 2.05) is 32.0 Å². The number of para-hydroxylation sites is 1. The van der Waals surface area contributed by atoms with Crippen molar-refractivity contribution in [3.05, 3.63) is 70.5 Å². The van der Waals surface area contributed by atoms with Gasteiger partial charge in [0.2, 0.25) is 5.91 Å². The summed E-state index contributed by atoms with van der Waals surface area (Å²) in [5.41, 5.74) is 3.88. The number of hydrogen-bond donors (Lipinski definition) is 2. The Morgan fingerprint density at radius 3 is 2.44 bits per heavy atom. The van der Waals surface area contributed by atoms with Crippen LogP contribution < -0.4 is 10.6 Å². The Bertz CT molecular complexity index is 1170. The molecule has 0 spiro atoms. The number of amides is 2. The summed E-state index contributed by atoms with van der Waals surface area (Å²) in [6.07, 6.45) is 0. The van der Waals surface area contributed by atoms with Crippen molar-refractivity contribution in [3.8, 4) is 0 Å². The zero-order valence-corrected chi connectivity index (χ0v) is 18.4. The van der Waals surface area contributed by atoms with Gasteiger partial charge in [-0.05, 0) is 57.0 Å². The number of aromatic nitrogens is 3. The number of nitrogens with one attached hydrogen (secondary N) is 2. The number of benzene rings is 2. The minimum Gasteiger partial charge on any atom is -0.462 e. The zero-order chi connectivity index (χ0) is 23.3. The van der Waals surface area contributed by atoms with Gasteiger partial charge >= 0.3 is 5.97 Å². The Labute approximate surface area is 185 Å². The summed E-state index contributed by atoms with van der Waals surface area (Å²) in [4.78, 5) is 37.3. The normalized spacial score (nSPS) is 10.5. The number of hydrogen-bond acceptors (Lipinski definition) is 6. The molecule has 0 fully saturated rings. The maximum Gasteiger partial charge on any atom is 0.340 e. The number of esters is 1. The third kappa shape index (κ3) is 5.00. The molecule has 0 saturated heterocycles. The van der Waals surface area contributed by atoms with Crippen molar-refractivity contribution in [2.45, 2.75) is 34.2 Å². The fourth-order valence-electron chi connectivity index (χ4n) is 3.09. The van der Waals surface area contributed by atoms with Gasteiger partial charge < -0.3 is 15.4 Å². The molecule has 0 atom stereocenters. The van der Waals surface area contributed by atoms with Crippen LogP contribution in [-0.2, 0) is 16.1 Å². The van der Waals surface area contributed by atoms with E-state index in [4.69, 9.17) is 4.74 Å². The molecule has 0 bridgehead atoms. The van der Waals surface area contributed by atoms with Gasteiger partial charge in [-0.15, -0.1) is 5.10 Å². The predicted molar refractivity (Wildman–Crippen MR) is 120 cm³/mol. The van der Waals surface area contributed by atoms with Crippen LogP contribution in [0, 0.1) is 20.8 Å². The van der Waals surface area contributed by atoms with Crippen molar-refractivity contribution >= 4 is 29.2 Å². The molecule has 0 aliphatic heterocycles. The topological polar surface area (TPSA) is 115 Å². The first-order valence-corrected chi connectivity index (χ1v) is 10.2. The van der Waals surface area contributed by atoms with Crippen LogP contribution in [0.25, 0.3) is 0 Å². The highest BCUT2D eigenvalue weighted by molar-refractivity contribution is 6.04. The van der Waals surface area contributed by atoms with E-state index in [1.54, 1.807) is 38.1 Å². The smallest absolute Gasteiger partial charge is 0.340 e. The Morgan fingerprint density at radius 2 is 1.69 bits per heavy atom. The van der Waals surface area contributed by atoms with Gasteiger partial charge in [0.25, 0.3) is 5.91 Å². The van der Waals surface area contributed by atoms with Crippen molar-refractivity contribution in [1.82, 2.24) is 15.0 Å². The minimum absolute atomic E-state index is 0.130. The highest BCUT2D eigenvalue weighted by Crippen LogP contribution is 2.19. The Kier molecular flexibility index (Phi) is 6.99. The average molecular weight is 435 g/mol.